The van der Waals surface area contributed by atoms with E-state index in [1.54, 1.807) is 36.4 Å². The van der Waals surface area contributed by atoms with Crippen LogP contribution in [0.3, 0.4) is 0 Å². The molecule has 0 radical (unpaired) electrons. The zero-order valence-electron chi connectivity index (χ0n) is 16.5. The van der Waals surface area contributed by atoms with Crippen molar-refractivity contribution in [2.75, 3.05) is 5.32 Å². The number of nitrogens with zero attached hydrogens (tertiary/aromatic N) is 1. The van der Waals surface area contributed by atoms with Crippen LogP contribution in [0.1, 0.15) is 23.6 Å². The molecule has 0 aliphatic carbocycles. The third-order valence-corrected chi connectivity index (χ3v) is 7.29. The van der Waals surface area contributed by atoms with Crippen LogP contribution in [-0.4, -0.2) is 14.6 Å². The Morgan fingerprint density at radius 1 is 1.10 bits per heavy atom. The number of pyridine rings is 1. The van der Waals surface area contributed by atoms with E-state index < -0.39 is 28.3 Å². The van der Waals surface area contributed by atoms with Gasteiger partial charge in [0.25, 0.3) is 0 Å². The number of aromatic nitrogens is 1. The number of benzene rings is 2. The van der Waals surface area contributed by atoms with Gasteiger partial charge in [-0.15, -0.1) is 0 Å². The summed E-state index contributed by atoms with van der Waals surface area (Å²) in [7, 11) is 0. The topological polar surface area (TPSA) is 45.2 Å². The summed E-state index contributed by atoms with van der Waals surface area (Å²) in [6.07, 6.45) is 1.10. The summed E-state index contributed by atoms with van der Waals surface area (Å²) in [6.45, 7) is 5.44. The van der Waals surface area contributed by atoms with Gasteiger partial charge < -0.3 is 10.4 Å². The van der Waals surface area contributed by atoms with Gasteiger partial charge >= 0.3 is 3.93 Å². The van der Waals surface area contributed by atoms with Gasteiger partial charge in [-0.05, 0) is 36.8 Å². The molecule has 0 spiro atoms. The maximum absolute atomic E-state index is 15.0. The van der Waals surface area contributed by atoms with Crippen LogP contribution in [0.5, 0.6) is 5.75 Å². The fourth-order valence-electron chi connectivity index (χ4n) is 2.98. The molecule has 3 rings (SSSR count). The average molecular weight is 650 g/mol. The van der Waals surface area contributed by atoms with Crippen molar-refractivity contribution in [2.45, 2.75) is 14.5 Å². The summed E-state index contributed by atoms with van der Waals surface area (Å²) in [5.41, 5.74) is 2.41. The first kappa shape index (κ1) is 23.7. The fraction of sp³-hybridized carbons (Fsp3) is 0.130. The van der Waals surface area contributed by atoms with E-state index in [1.165, 1.54) is 25.1 Å². The Bertz CT molecular complexity index is 1130. The lowest BCUT2D eigenvalue weighted by molar-refractivity contribution is 0.127. The van der Waals surface area contributed by atoms with Crippen molar-refractivity contribution in [2.24, 2.45) is 0 Å². The largest absolute Gasteiger partial charge is 0.507 e. The molecule has 0 saturated carbocycles. The van der Waals surface area contributed by atoms with E-state index >= 15 is 4.39 Å². The van der Waals surface area contributed by atoms with Crippen LogP contribution in [0.2, 0.25) is 0 Å². The lowest BCUT2D eigenvalue weighted by atomic mass is 9.95. The Labute approximate surface area is 202 Å². The van der Waals surface area contributed by atoms with E-state index in [0.717, 1.165) is 28.8 Å². The van der Waals surface area contributed by atoms with Gasteiger partial charge in [-0.2, -0.15) is 8.78 Å². The number of anilines is 1. The third-order valence-electron chi connectivity index (χ3n) is 4.66. The van der Waals surface area contributed by atoms with Crippen molar-refractivity contribution in [3.63, 3.8) is 0 Å². The number of phenols is 1. The summed E-state index contributed by atoms with van der Waals surface area (Å²) in [5, 5.41) is 13.6. The van der Waals surface area contributed by atoms with Crippen molar-refractivity contribution >= 4 is 59.4 Å². The molecule has 0 aliphatic rings. The number of phenolic OH excluding ortho intramolecular Hbond substituents is 1. The van der Waals surface area contributed by atoms with Crippen LogP contribution in [0, 0.1) is 0 Å². The van der Waals surface area contributed by atoms with E-state index in [2.05, 4.69) is 21.4 Å². The van der Waals surface area contributed by atoms with E-state index in [1.807, 2.05) is 0 Å². The molecule has 0 amide bonds. The van der Waals surface area contributed by atoms with Gasteiger partial charge in [-0.25, -0.2) is 9.37 Å². The number of hydrogen-bond acceptors (Lipinski definition) is 3. The first-order valence-corrected chi connectivity index (χ1v) is 12.7. The Balaban J connectivity index is 1.87. The first-order valence-electron chi connectivity index (χ1n) is 9.04. The molecule has 0 bridgehead atoms. The molecule has 2 N–H and O–H groups in total. The molecule has 8 heteroatoms. The molecular formula is C23H19F3I2N2O. The highest BCUT2D eigenvalue weighted by Crippen LogP contribution is 2.44. The van der Waals surface area contributed by atoms with Gasteiger partial charge in [0.2, 0.25) is 0 Å². The summed E-state index contributed by atoms with van der Waals surface area (Å²) < 4.78 is 40.9. The molecule has 1 unspecified atom stereocenters. The van der Waals surface area contributed by atoms with E-state index in [9.17, 15) is 13.9 Å². The normalized spacial score (nSPS) is 13.5. The first-order chi connectivity index (χ1) is 14.5. The highest BCUT2D eigenvalue weighted by molar-refractivity contribution is 14.2. The van der Waals surface area contributed by atoms with E-state index in [4.69, 9.17) is 0 Å². The van der Waals surface area contributed by atoms with Crippen molar-refractivity contribution in [1.82, 2.24) is 4.98 Å². The Hall–Kier alpha value is -1.95. The summed E-state index contributed by atoms with van der Waals surface area (Å²) in [5.74, 6) is 0.315. The van der Waals surface area contributed by atoms with Crippen molar-refractivity contribution in [3.8, 4) is 16.9 Å². The number of aromatic hydroxyl groups is 1. The molecular weight excluding hydrogens is 631 g/mol. The Kier molecular flexibility index (Phi) is 7.09. The minimum absolute atomic E-state index is 0.0289. The van der Waals surface area contributed by atoms with Gasteiger partial charge in [0.15, 0.2) is 3.68 Å². The maximum atomic E-state index is 15.0. The quantitative estimate of drug-likeness (QED) is 0.205. The van der Waals surface area contributed by atoms with Crippen molar-refractivity contribution in [1.29, 1.82) is 0 Å². The van der Waals surface area contributed by atoms with Gasteiger partial charge in [-0.3, -0.25) is 0 Å². The number of halogens is 5. The second kappa shape index (κ2) is 9.27. The van der Waals surface area contributed by atoms with Crippen LogP contribution >= 0.6 is 43.3 Å². The summed E-state index contributed by atoms with van der Waals surface area (Å²) >= 11 is 0.0763. The molecule has 31 heavy (non-hydrogen) atoms. The number of rotatable bonds is 7. The SMILES string of the molecule is C=IC(C)(F)c1ccccc1-c1ccc(C(=C)Nc2ccc(C(F)(F)I)cn2)cc1O. The number of alkyl halides is 5. The predicted octanol–water partition coefficient (Wildman–Crippen LogP) is 7.57. The van der Waals surface area contributed by atoms with Crippen LogP contribution in [0.4, 0.5) is 19.0 Å². The van der Waals surface area contributed by atoms with E-state index in [0.29, 0.717) is 33.8 Å². The smallest absolute Gasteiger partial charge is 0.323 e. The highest BCUT2D eigenvalue weighted by Gasteiger charge is 2.27. The second-order valence-corrected chi connectivity index (χ2v) is 11.0. The van der Waals surface area contributed by atoms with E-state index in [-0.39, 0.29) is 11.3 Å². The van der Waals surface area contributed by atoms with Gasteiger partial charge in [0, 0.05) is 56.7 Å². The minimum atomic E-state index is -3.00. The van der Waals surface area contributed by atoms with Gasteiger partial charge in [0.05, 0.1) is 0 Å². The monoisotopic (exact) mass is 650 g/mol. The summed E-state index contributed by atoms with van der Waals surface area (Å²) in [6, 6.07) is 14.7. The molecule has 3 aromatic rings. The Morgan fingerprint density at radius 3 is 2.39 bits per heavy atom. The van der Waals surface area contributed by atoms with Crippen LogP contribution < -0.4 is 5.32 Å². The highest BCUT2D eigenvalue weighted by atomic mass is 127. The predicted molar refractivity (Wildman–Crippen MR) is 138 cm³/mol. The number of hydrogen-bond donors (Lipinski definition) is 2. The van der Waals surface area contributed by atoms with Gasteiger partial charge in [0.1, 0.15) is 11.6 Å². The van der Waals surface area contributed by atoms with Crippen LogP contribution in [0.25, 0.3) is 16.8 Å². The van der Waals surface area contributed by atoms with Crippen molar-refractivity contribution < 1.29 is 18.3 Å². The standard InChI is InChI=1S/C23H19F3I2N2O/c1-14(30-21-11-9-16(13-29-21)23(25,26)27)15-8-10-18(20(31)12-15)17-6-4-5-7-19(17)22(2,24)28-3/h4-13,31H,1,3H2,2H3,(H,29,30). The van der Waals surface area contributed by atoms with Crippen LogP contribution in [0.15, 0.2) is 67.4 Å². The molecule has 1 heterocycles. The third kappa shape index (κ3) is 5.46. The molecule has 1 aromatic heterocycles. The molecule has 1 atom stereocenters. The lowest BCUT2D eigenvalue weighted by Crippen LogP contribution is -2.07. The van der Waals surface area contributed by atoms with Gasteiger partial charge in [-0.1, -0.05) is 62.2 Å². The van der Waals surface area contributed by atoms with Crippen molar-refractivity contribution in [3.05, 3.63) is 84.1 Å². The van der Waals surface area contributed by atoms with Crippen LogP contribution in [-0.2, 0) is 7.60 Å². The molecule has 0 fully saturated rings. The minimum Gasteiger partial charge on any atom is -0.507 e. The zero-order valence-corrected chi connectivity index (χ0v) is 20.8. The molecule has 0 aliphatic heterocycles. The molecule has 0 saturated heterocycles. The number of nitrogens with one attached hydrogen (secondary N) is 1. The summed E-state index contributed by atoms with van der Waals surface area (Å²) in [4.78, 5) is 3.98. The molecule has 162 valence electrons. The fourth-order valence-corrected chi connectivity index (χ4v) is 4.18. The zero-order chi connectivity index (χ0) is 22.8. The lowest BCUT2D eigenvalue weighted by Gasteiger charge is -2.20. The molecule has 3 nitrogen and oxygen atoms in total. The maximum Gasteiger partial charge on any atom is 0.323 e. The molecule has 2 aromatic carbocycles. The average Bonchev–Trinajstić information content (AvgIpc) is 2.73. The second-order valence-electron chi connectivity index (χ2n) is 6.83. The Morgan fingerprint density at radius 2 is 1.81 bits per heavy atom.